The van der Waals surface area contributed by atoms with E-state index in [0.29, 0.717) is 0 Å². The maximum absolute atomic E-state index is 11.3. The molecule has 0 aliphatic heterocycles. The minimum atomic E-state index is -5.21. The number of nitrogens with two attached hydrogens (primary N) is 1. The first-order valence-electron chi connectivity index (χ1n) is 5.83. The molecule has 0 aromatic heterocycles. The van der Waals surface area contributed by atoms with E-state index in [1.807, 2.05) is 0 Å². The van der Waals surface area contributed by atoms with Gasteiger partial charge in [-0.1, -0.05) is 0 Å². The van der Waals surface area contributed by atoms with Crippen molar-refractivity contribution in [3.8, 4) is 5.75 Å². The van der Waals surface area contributed by atoms with Gasteiger partial charge in [-0.3, -0.25) is 0 Å². The Kier molecular flexibility index (Phi) is 5.64. The summed E-state index contributed by atoms with van der Waals surface area (Å²) in [6.45, 7) is 0. The summed E-state index contributed by atoms with van der Waals surface area (Å²) in [7, 11) is 0. The predicted molar refractivity (Wildman–Crippen MR) is 70.2 cm³/mol. The second-order valence-electron chi connectivity index (χ2n) is 4.46. The Morgan fingerprint density at radius 1 is 1.15 bits per heavy atom. The Labute approximate surface area is 118 Å². The van der Waals surface area contributed by atoms with Gasteiger partial charge in [0.25, 0.3) is 0 Å². The Hall–Kier alpha value is -1.02. The molecule has 0 amide bonds. The second kappa shape index (κ2) is 6.62. The molecule has 114 valence electrons. The van der Waals surface area contributed by atoms with E-state index in [-0.39, 0.29) is 40.6 Å². The van der Waals surface area contributed by atoms with Gasteiger partial charge >= 0.3 is 117 Å². The van der Waals surface area contributed by atoms with Gasteiger partial charge in [-0.05, 0) is 0 Å². The molecule has 1 aromatic carbocycles. The van der Waals surface area contributed by atoms with Crippen LogP contribution in [0.15, 0.2) is 12.1 Å². The first-order chi connectivity index (χ1) is 9.12. The number of aliphatic hydroxyl groups is 3. The van der Waals surface area contributed by atoms with E-state index in [9.17, 15) is 22.1 Å². The van der Waals surface area contributed by atoms with E-state index in [1.54, 1.807) is 0 Å². The van der Waals surface area contributed by atoms with Crippen LogP contribution in [-0.2, 0) is 10.2 Å². The van der Waals surface area contributed by atoms with Gasteiger partial charge in [-0.15, -0.1) is 0 Å². The molecule has 0 heterocycles. The number of hydrogen-bond donors (Lipinski definition) is 7. The molecular formula is C11H18AsNO7. The zero-order chi connectivity index (χ0) is 15.5. The summed E-state index contributed by atoms with van der Waals surface area (Å²) in [6, 6.07) is 2.16. The fraction of sp³-hybridized carbons (Fsp3) is 0.455. The van der Waals surface area contributed by atoms with E-state index in [1.165, 1.54) is 0 Å². The summed E-state index contributed by atoms with van der Waals surface area (Å²) in [5, 5.41) is 36.8. The quantitative estimate of drug-likeness (QED) is 0.168. The first kappa shape index (κ1) is 17.0. The van der Waals surface area contributed by atoms with Crippen molar-refractivity contribution in [1.82, 2.24) is 0 Å². The molecule has 0 bridgehead atoms. The van der Waals surface area contributed by atoms with Crippen LogP contribution in [0.25, 0.3) is 0 Å². The summed E-state index contributed by atoms with van der Waals surface area (Å²) in [5.74, 6) is -0.279. The van der Waals surface area contributed by atoms with Crippen molar-refractivity contribution in [2.45, 2.75) is 31.7 Å². The molecular weight excluding hydrogens is 333 g/mol. The molecule has 0 aliphatic carbocycles. The number of aliphatic hydroxyl groups excluding tert-OH is 2. The van der Waals surface area contributed by atoms with E-state index in [0.717, 1.165) is 12.1 Å². The molecule has 0 spiro atoms. The van der Waals surface area contributed by atoms with Crippen LogP contribution in [0.1, 0.15) is 18.4 Å². The Bertz CT molecular complexity index is 514. The van der Waals surface area contributed by atoms with E-state index >= 15 is 0 Å². The molecule has 1 unspecified atom stereocenters. The van der Waals surface area contributed by atoms with Crippen LogP contribution in [-0.4, -0.2) is 55.2 Å². The Morgan fingerprint density at radius 3 is 2.25 bits per heavy atom. The number of nitrogen functional groups attached to an aromatic ring is 1. The van der Waals surface area contributed by atoms with Gasteiger partial charge in [-0.25, -0.2) is 0 Å². The fourth-order valence-corrected chi connectivity index (χ4v) is 3.29. The third kappa shape index (κ3) is 4.52. The Morgan fingerprint density at radius 2 is 1.75 bits per heavy atom. The van der Waals surface area contributed by atoms with Gasteiger partial charge in [0.2, 0.25) is 0 Å². The predicted octanol–water partition coefficient (Wildman–Crippen LogP) is -2.47. The minimum absolute atomic E-state index is 0.0344. The second-order valence-corrected chi connectivity index (χ2v) is 7.75. The third-order valence-electron chi connectivity index (χ3n) is 2.82. The van der Waals surface area contributed by atoms with Crippen molar-refractivity contribution in [3.63, 3.8) is 0 Å². The van der Waals surface area contributed by atoms with E-state index in [2.05, 4.69) is 0 Å². The molecule has 1 rings (SSSR count). The van der Waals surface area contributed by atoms with Crippen LogP contribution in [0, 0.1) is 0 Å². The SMILES string of the molecule is Nc1c([As](=O)(O)O)ccc(O)c1CC(O)CCC(O)O. The van der Waals surface area contributed by atoms with Gasteiger partial charge in [-0.2, -0.15) is 0 Å². The van der Waals surface area contributed by atoms with Gasteiger partial charge in [0.1, 0.15) is 0 Å². The monoisotopic (exact) mass is 351 g/mol. The summed E-state index contributed by atoms with van der Waals surface area (Å²) >= 11 is -5.21. The first-order valence-corrected chi connectivity index (χ1v) is 9.21. The van der Waals surface area contributed by atoms with Crippen molar-refractivity contribution >= 4 is 24.2 Å². The van der Waals surface area contributed by atoms with Crippen LogP contribution in [0.3, 0.4) is 0 Å². The summed E-state index contributed by atoms with van der Waals surface area (Å²) in [4.78, 5) is 0. The molecule has 20 heavy (non-hydrogen) atoms. The molecule has 8 nitrogen and oxygen atoms in total. The van der Waals surface area contributed by atoms with Crippen LogP contribution in [0.5, 0.6) is 5.75 Å². The fourth-order valence-electron chi connectivity index (χ4n) is 1.79. The number of rotatable bonds is 6. The Balaban J connectivity index is 2.97. The molecule has 1 aromatic rings. The number of aromatic hydroxyl groups is 1. The van der Waals surface area contributed by atoms with Crippen LogP contribution < -0.4 is 10.1 Å². The van der Waals surface area contributed by atoms with E-state index < -0.39 is 26.6 Å². The molecule has 9 heteroatoms. The van der Waals surface area contributed by atoms with Crippen molar-refractivity contribution in [3.05, 3.63) is 17.7 Å². The number of anilines is 1. The summed E-state index contributed by atoms with van der Waals surface area (Å²) < 4.78 is 29.3. The topological polar surface area (TPSA) is 164 Å². The number of benzene rings is 1. The van der Waals surface area contributed by atoms with Gasteiger partial charge in [0.15, 0.2) is 0 Å². The van der Waals surface area contributed by atoms with Crippen molar-refractivity contribution in [1.29, 1.82) is 0 Å². The van der Waals surface area contributed by atoms with Crippen molar-refractivity contribution in [2.75, 3.05) is 5.73 Å². The zero-order valence-electron chi connectivity index (χ0n) is 10.5. The molecule has 0 aliphatic rings. The normalized spacial score (nSPS) is 13.7. The molecule has 0 saturated heterocycles. The number of hydrogen-bond acceptors (Lipinski definition) is 6. The van der Waals surface area contributed by atoms with Crippen LogP contribution in [0.2, 0.25) is 0 Å². The third-order valence-corrected chi connectivity index (χ3v) is 4.96. The van der Waals surface area contributed by atoms with E-state index in [4.69, 9.17) is 15.9 Å². The number of phenols is 1. The van der Waals surface area contributed by atoms with Crippen LogP contribution in [0.4, 0.5) is 5.69 Å². The average molecular weight is 351 g/mol. The maximum atomic E-state index is 11.3. The van der Waals surface area contributed by atoms with Gasteiger partial charge < -0.3 is 0 Å². The molecule has 0 fully saturated rings. The average Bonchev–Trinajstić information content (AvgIpc) is 2.30. The summed E-state index contributed by atoms with van der Waals surface area (Å²) in [6.07, 6.45) is -2.75. The summed E-state index contributed by atoms with van der Waals surface area (Å²) in [5.41, 5.74) is 5.41. The molecule has 0 saturated carbocycles. The zero-order valence-corrected chi connectivity index (χ0v) is 12.4. The molecule has 0 radical (unpaired) electrons. The molecule has 1 atom stereocenters. The van der Waals surface area contributed by atoms with Crippen LogP contribution >= 0.6 is 0 Å². The van der Waals surface area contributed by atoms with Gasteiger partial charge in [0.05, 0.1) is 0 Å². The number of phenolic OH excluding ortho intramolecular Hbond substituents is 1. The van der Waals surface area contributed by atoms with Gasteiger partial charge in [0, 0.05) is 0 Å². The molecule has 8 N–H and O–H groups in total. The standard InChI is InChI=1S/C11H18AsNO7/c13-11-7(5-6(14)1-4-10(16)17)9(15)3-2-8(11)12(18,19)20/h2-3,6,10,14-17H,1,4-5,13H2,(H2,18,19,20). The van der Waals surface area contributed by atoms with Crippen molar-refractivity contribution in [2.24, 2.45) is 0 Å². The van der Waals surface area contributed by atoms with Crippen molar-refractivity contribution < 1.29 is 32.4 Å².